The predicted octanol–water partition coefficient (Wildman–Crippen LogP) is 2.94. The van der Waals surface area contributed by atoms with Gasteiger partial charge in [-0.1, -0.05) is 13.8 Å². The van der Waals surface area contributed by atoms with E-state index in [1.54, 1.807) is 12.1 Å². The number of rotatable bonds is 4. The van der Waals surface area contributed by atoms with Crippen LogP contribution in [0.3, 0.4) is 0 Å². The minimum absolute atomic E-state index is 0.0544. The van der Waals surface area contributed by atoms with Crippen molar-refractivity contribution < 1.29 is 14.3 Å². The number of carbonyl (C=O) groups excluding carboxylic acids is 1. The zero-order valence-electron chi connectivity index (χ0n) is 15.6. The van der Waals surface area contributed by atoms with E-state index < -0.39 is 0 Å². The van der Waals surface area contributed by atoms with Crippen LogP contribution in [-0.4, -0.2) is 49.7 Å². The number of ether oxygens (including phenoxy) is 2. The van der Waals surface area contributed by atoms with Crippen molar-refractivity contribution in [1.29, 1.82) is 0 Å². The van der Waals surface area contributed by atoms with Gasteiger partial charge in [-0.25, -0.2) is 0 Å². The van der Waals surface area contributed by atoms with Gasteiger partial charge in [0.2, 0.25) is 0 Å². The SMILES string of the molecule is C[C@@H]1C[C@H](C)CN(C[C@@H](C)NC(=O)c2ccc3c(c2)OCCCO3)C1. The zero-order chi connectivity index (χ0) is 17.8. The maximum Gasteiger partial charge on any atom is 0.251 e. The fourth-order valence-electron chi connectivity index (χ4n) is 3.99. The quantitative estimate of drug-likeness (QED) is 0.911. The first-order chi connectivity index (χ1) is 12.0. The van der Waals surface area contributed by atoms with Crippen molar-refractivity contribution in [3.63, 3.8) is 0 Å². The number of carbonyl (C=O) groups is 1. The summed E-state index contributed by atoms with van der Waals surface area (Å²) >= 11 is 0. The number of fused-ring (bicyclic) bond motifs is 1. The molecular formula is C20H30N2O3. The third-order valence-corrected chi connectivity index (χ3v) is 4.86. The Balaban J connectivity index is 1.57. The van der Waals surface area contributed by atoms with E-state index in [9.17, 15) is 4.79 Å². The van der Waals surface area contributed by atoms with Gasteiger partial charge < -0.3 is 19.7 Å². The van der Waals surface area contributed by atoms with Crippen molar-refractivity contribution in [3.8, 4) is 11.5 Å². The molecule has 2 aliphatic heterocycles. The number of likely N-dealkylation sites (tertiary alicyclic amines) is 1. The fourth-order valence-corrected chi connectivity index (χ4v) is 3.99. The van der Waals surface area contributed by atoms with E-state index in [0.717, 1.165) is 43.6 Å². The highest BCUT2D eigenvalue weighted by molar-refractivity contribution is 5.95. The Morgan fingerprint density at radius 3 is 2.60 bits per heavy atom. The topological polar surface area (TPSA) is 50.8 Å². The standard InChI is InChI=1S/C20H30N2O3/c1-14-9-15(2)12-22(11-14)13-16(3)21-20(23)17-5-6-18-19(10-17)25-8-4-7-24-18/h5-6,10,14-16H,4,7-9,11-13H2,1-3H3,(H,21,23)/t14-,15+,16-/m1/s1. The van der Waals surface area contributed by atoms with Gasteiger partial charge in [0.1, 0.15) is 0 Å². The summed E-state index contributed by atoms with van der Waals surface area (Å²) in [5.41, 5.74) is 0.622. The van der Waals surface area contributed by atoms with Gasteiger partial charge in [-0.15, -0.1) is 0 Å². The maximum absolute atomic E-state index is 12.6. The molecule has 5 heteroatoms. The van der Waals surface area contributed by atoms with Gasteiger partial charge in [0.05, 0.1) is 13.2 Å². The van der Waals surface area contributed by atoms with Crippen LogP contribution in [-0.2, 0) is 0 Å². The van der Waals surface area contributed by atoms with E-state index in [4.69, 9.17) is 9.47 Å². The van der Waals surface area contributed by atoms with Crippen LogP contribution < -0.4 is 14.8 Å². The molecule has 0 aromatic heterocycles. The van der Waals surface area contributed by atoms with Gasteiger partial charge >= 0.3 is 0 Å². The second-order valence-electron chi connectivity index (χ2n) is 7.75. The molecular weight excluding hydrogens is 316 g/mol. The minimum Gasteiger partial charge on any atom is -0.490 e. The average molecular weight is 346 g/mol. The lowest BCUT2D eigenvalue weighted by Crippen LogP contribution is -2.47. The first-order valence-corrected chi connectivity index (χ1v) is 9.44. The lowest BCUT2D eigenvalue weighted by Gasteiger charge is -2.36. The van der Waals surface area contributed by atoms with Crippen LogP contribution in [0.5, 0.6) is 11.5 Å². The lowest BCUT2D eigenvalue weighted by molar-refractivity contribution is 0.0904. The number of amides is 1. The second-order valence-corrected chi connectivity index (χ2v) is 7.75. The Labute approximate surface area is 150 Å². The van der Waals surface area contributed by atoms with E-state index in [1.807, 2.05) is 6.07 Å². The van der Waals surface area contributed by atoms with Crippen LogP contribution >= 0.6 is 0 Å². The number of nitrogens with one attached hydrogen (secondary N) is 1. The number of hydrogen-bond acceptors (Lipinski definition) is 4. The molecule has 1 aromatic rings. The largest absolute Gasteiger partial charge is 0.490 e. The third kappa shape index (κ3) is 4.88. The Morgan fingerprint density at radius 2 is 1.88 bits per heavy atom. The highest BCUT2D eigenvalue weighted by Crippen LogP contribution is 2.30. The second kappa shape index (κ2) is 8.09. The summed E-state index contributed by atoms with van der Waals surface area (Å²) in [6.45, 7) is 11.1. The highest BCUT2D eigenvalue weighted by Gasteiger charge is 2.23. The summed E-state index contributed by atoms with van der Waals surface area (Å²) in [4.78, 5) is 15.0. The molecule has 25 heavy (non-hydrogen) atoms. The van der Waals surface area contributed by atoms with E-state index in [1.165, 1.54) is 6.42 Å². The monoisotopic (exact) mass is 346 g/mol. The summed E-state index contributed by atoms with van der Waals surface area (Å²) in [5.74, 6) is 2.79. The Hall–Kier alpha value is -1.75. The smallest absolute Gasteiger partial charge is 0.251 e. The van der Waals surface area contributed by atoms with Crippen molar-refractivity contribution in [1.82, 2.24) is 10.2 Å². The molecule has 0 spiro atoms. The average Bonchev–Trinajstić information content (AvgIpc) is 2.78. The molecule has 138 valence electrons. The Kier molecular flexibility index (Phi) is 5.84. The molecule has 0 saturated carbocycles. The molecule has 3 rings (SSSR count). The summed E-state index contributed by atoms with van der Waals surface area (Å²) < 4.78 is 11.3. The molecule has 2 heterocycles. The Morgan fingerprint density at radius 1 is 1.20 bits per heavy atom. The van der Waals surface area contributed by atoms with Gasteiger partial charge in [0.15, 0.2) is 11.5 Å². The van der Waals surface area contributed by atoms with Gasteiger partial charge in [0, 0.05) is 37.7 Å². The number of hydrogen-bond donors (Lipinski definition) is 1. The van der Waals surface area contributed by atoms with Gasteiger partial charge in [0.25, 0.3) is 5.91 Å². The fraction of sp³-hybridized carbons (Fsp3) is 0.650. The van der Waals surface area contributed by atoms with Crippen molar-refractivity contribution in [2.24, 2.45) is 11.8 Å². The normalized spacial score (nSPS) is 25.1. The molecule has 0 unspecified atom stereocenters. The summed E-state index contributed by atoms with van der Waals surface area (Å²) in [7, 11) is 0. The molecule has 1 aromatic carbocycles. The van der Waals surface area contributed by atoms with Crippen molar-refractivity contribution >= 4 is 5.91 Å². The number of piperidine rings is 1. The van der Waals surface area contributed by atoms with Crippen molar-refractivity contribution in [2.75, 3.05) is 32.8 Å². The van der Waals surface area contributed by atoms with Crippen LogP contribution in [0.1, 0.15) is 44.0 Å². The predicted molar refractivity (Wildman–Crippen MR) is 98.4 cm³/mol. The highest BCUT2D eigenvalue weighted by atomic mass is 16.5. The van der Waals surface area contributed by atoms with Crippen LogP contribution in [0.25, 0.3) is 0 Å². The van der Waals surface area contributed by atoms with E-state index in [0.29, 0.717) is 24.5 Å². The molecule has 0 radical (unpaired) electrons. The third-order valence-electron chi connectivity index (χ3n) is 4.86. The number of nitrogens with zero attached hydrogens (tertiary/aromatic N) is 1. The lowest BCUT2D eigenvalue weighted by atomic mass is 9.92. The molecule has 2 aliphatic rings. The van der Waals surface area contributed by atoms with Gasteiger partial charge in [-0.3, -0.25) is 4.79 Å². The minimum atomic E-state index is -0.0544. The van der Waals surface area contributed by atoms with Crippen molar-refractivity contribution in [3.05, 3.63) is 23.8 Å². The molecule has 3 atom stereocenters. The van der Waals surface area contributed by atoms with Crippen LogP contribution in [0.15, 0.2) is 18.2 Å². The first kappa shape index (κ1) is 18.1. The summed E-state index contributed by atoms with van der Waals surface area (Å²) in [5, 5.41) is 3.12. The maximum atomic E-state index is 12.6. The first-order valence-electron chi connectivity index (χ1n) is 9.44. The molecule has 1 saturated heterocycles. The van der Waals surface area contributed by atoms with Crippen LogP contribution in [0, 0.1) is 11.8 Å². The van der Waals surface area contributed by atoms with Crippen molar-refractivity contribution in [2.45, 2.75) is 39.7 Å². The van der Waals surface area contributed by atoms with E-state index >= 15 is 0 Å². The molecule has 0 bridgehead atoms. The summed E-state index contributed by atoms with van der Waals surface area (Å²) in [6, 6.07) is 5.53. The molecule has 1 N–H and O–H groups in total. The van der Waals surface area contributed by atoms with Gasteiger partial charge in [-0.05, 0) is 43.4 Å². The number of benzene rings is 1. The van der Waals surface area contributed by atoms with Crippen LogP contribution in [0.2, 0.25) is 0 Å². The Bertz CT molecular complexity index is 595. The summed E-state index contributed by atoms with van der Waals surface area (Å²) in [6.07, 6.45) is 2.16. The van der Waals surface area contributed by atoms with E-state index in [-0.39, 0.29) is 11.9 Å². The molecule has 1 fully saturated rings. The molecule has 5 nitrogen and oxygen atoms in total. The zero-order valence-corrected chi connectivity index (χ0v) is 15.6. The van der Waals surface area contributed by atoms with Crippen LogP contribution in [0.4, 0.5) is 0 Å². The van der Waals surface area contributed by atoms with Gasteiger partial charge in [-0.2, -0.15) is 0 Å². The molecule has 1 amide bonds. The van der Waals surface area contributed by atoms with E-state index in [2.05, 4.69) is 31.0 Å². The molecule has 0 aliphatic carbocycles.